The van der Waals surface area contributed by atoms with Gasteiger partial charge in [0.15, 0.2) is 5.82 Å². The molecule has 1 atom stereocenters. The molecule has 0 fully saturated rings. The number of halogens is 2. The summed E-state index contributed by atoms with van der Waals surface area (Å²) in [6, 6.07) is 14.6. The number of fused-ring (bicyclic) bond motifs is 1. The van der Waals surface area contributed by atoms with Crippen LogP contribution in [0.25, 0.3) is 11.6 Å². The van der Waals surface area contributed by atoms with E-state index in [1.807, 2.05) is 62.4 Å². The quantitative estimate of drug-likeness (QED) is 0.251. The predicted octanol–water partition coefficient (Wildman–Crippen LogP) is 5.27. The summed E-state index contributed by atoms with van der Waals surface area (Å²) in [5.41, 5.74) is 5.49. The molecule has 0 aliphatic heterocycles. The predicted molar refractivity (Wildman–Crippen MR) is 151 cm³/mol. The number of hydrogen-bond donors (Lipinski definition) is 2. The molecule has 0 radical (unpaired) electrons. The Kier molecular flexibility index (Phi) is 9.04. The highest BCUT2D eigenvalue weighted by Gasteiger charge is 2.16. The van der Waals surface area contributed by atoms with Crippen LogP contribution in [-0.2, 0) is 13.1 Å². The topological polar surface area (TPSA) is 60.7 Å². The molecule has 0 amide bonds. The Labute approximate surface area is 222 Å². The summed E-state index contributed by atoms with van der Waals surface area (Å²) in [5.74, 6) is 0.415. The summed E-state index contributed by atoms with van der Waals surface area (Å²) >= 11 is 0. The molecule has 200 valence electrons. The van der Waals surface area contributed by atoms with Gasteiger partial charge in [0.25, 0.3) is 0 Å². The van der Waals surface area contributed by atoms with Gasteiger partial charge in [-0.1, -0.05) is 31.7 Å². The Morgan fingerprint density at radius 3 is 2.74 bits per heavy atom. The van der Waals surface area contributed by atoms with Gasteiger partial charge in [0.1, 0.15) is 23.8 Å². The van der Waals surface area contributed by atoms with Crippen molar-refractivity contribution in [2.45, 2.75) is 26.2 Å². The van der Waals surface area contributed by atoms with E-state index in [0.717, 1.165) is 40.1 Å². The van der Waals surface area contributed by atoms with Crippen molar-refractivity contribution in [3.63, 3.8) is 0 Å². The van der Waals surface area contributed by atoms with Crippen LogP contribution in [0.1, 0.15) is 23.6 Å². The van der Waals surface area contributed by atoms with Crippen LogP contribution in [0.4, 0.5) is 26.0 Å². The van der Waals surface area contributed by atoms with Crippen LogP contribution in [-0.4, -0.2) is 59.4 Å². The van der Waals surface area contributed by atoms with E-state index >= 15 is 0 Å². The van der Waals surface area contributed by atoms with Crippen LogP contribution in [0.2, 0.25) is 0 Å². The molecular formula is C29H35F2N7. The van der Waals surface area contributed by atoms with Gasteiger partial charge in [0.2, 0.25) is 0 Å². The maximum atomic E-state index is 14.3. The minimum Gasteiger partial charge on any atom is -0.370 e. The molecule has 0 spiro atoms. The first-order valence-corrected chi connectivity index (χ1v) is 12.7. The van der Waals surface area contributed by atoms with Gasteiger partial charge in [-0.25, -0.2) is 18.3 Å². The number of alkyl halides is 1. The first kappa shape index (κ1) is 27.2. The second kappa shape index (κ2) is 12.6. The van der Waals surface area contributed by atoms with Gasteiger partial charge in [0.05, 0.1) is 0 Å². The third kappa shape index (κ3) is 6.73. The van der Waals surface area contributed by atoms with Crippen molar-refractivity contribution in [1.82, 2.24) is 24.8 Å². The third-order valence-corrected chi connectivity index (χ3v) is 6.33. The van der Waals surface area contributed by atoms with Crippen LogP contribution in [0.15, 0.2) is 67.6 Å². The second-order valence-electron chi connectivity index (χ2n) is 9.43. The molecule has 2 heterocycles. The van der Waals surface area contributed by atoms with Gasteiger partial charge in [0, 0.05) is 50.8 Å². The molecule has 0 bridgehead atoms. The van der Waals surface area contributed by atoms with Crippen LogP contribution >= 0.6 is 0 Å². The lowest BCUT2D eigenvalue weighted by atomic mass is 10.1. The first-order valence-electron chi connectivity index (χ1n) is 12.7. The molecule has 4 rings (SSSR count). The molecule has 0 saturated carbocycles. The van der Waals surface area contributed by atoms with E-state index in [2.05, 4.69) is 32.2 Å². The zero-order chi connectivity index (χ0) is 27.1. The van der Waals surface area contributed by atoms with Crippen LogP contribution in [0.5, 0.6) is 0 Å². The lowest BCUT2D eigenvalue weighted by Gasteiger charge is -2.22. The Hall–Kier alpha value is -3.82. The van der Waals surface area contributed by atoms with E-state index in [-0.39, 0.29) is 5.82 Å². The van der Waals surface area contributed by atoms with Crippen molar-refractivity contribution in [1.29, 1.82) is 0 Å². The monoisotopic (exact) mass is 519 g/mol. The highest BCUT2D eigenvalue weighted by molar-refractivity contribution is 5.79. The number of rotatable bonds is 13. The lowest BCUT2D eigenvalue weighted by molar-refractivity contribution is 0.212. The SMILES string of the molecule is C=Cc1cc(Nc2ncnn3ccc(CN(C)CC(F)CNCC)c23)ccc1N(C)Cc1cccc(F)c1. The second-order valence-corrected chi connectivity index (χ2v) is 9.43. The highest BCUT2D eigenvalue weighted by Crippen LogP contribution is 2.29. The molecule has 2 aromatic carbocycles. The van der Waals surface area contributed by atoms with Crippen molar-refractivity contribution in [3.8, 4) is 0 Å². The van der Waals surface area contributed by atoms with Gasteiger partial charge in [-0.05, 0) is 66.7 Å². The van der Waals surface area contributed by atoms with Crippen LogP contribution in [0, 0.1) is 5.82 Å². The minimum absolute atomic E-state index is 0.246. The fraction of sp³-hybridized carbons (Fsp3) is 0.310. The van der Waals surface area contributed by atoms with Crippen molar-refractivity contribution in [2.75, 3.05) is 43.9 Å². The normalized spacial score (nSPS) is 12.2. The molecule has 0 aliphatic carbocycles. The maximum Gasteiger partial charge on any atom is 0.158 e. The molecule has 0 saturated heterocycles. The van der Waals surface area contributed by atoms with E-state index in [1.54, 1.807) is 22.7 Å². The third-order valence-electron chi connectivity index (χ3n) is 6.33. The summed E-state index contributed by atoms with van der Waals surface area (Å²) in [6.07, 6.45) is 4.25. The zero-order valence-electron chi connectivity index (χ0n) is 22.2. The van der Waals surface area contributed by atoms with Gasteiger partial charge in [-0.15, -0.1) is 0 Å². The van der Waals surface area contributed by atoms with Gasteiger partial charge >= 0.3 is 0 Å². The highest BCUT2D eigenvalue weighted by atomic mass is 19.1. The summed E-state index contributed by atoms with van der Waals surface area (Å²) in [7, 11) is 3.88. The van der Waals surface area contributed by atoms with Crippen molar-refractivity contribution < 1.29 is 8.78 Å². The lowest BCUT2D eigenvalue weighted by Crippen LogP contribution is -2.33. The average Bonchev–Trinajstić information content (AvgIpc) is 3.30. The van der Waals surface area contributed by atoms with E-state index < -0.39 is 6.17 Å². The summed E-state index contributed by atoms with van der Waals surface area (Å²) < 4.78 is 29.7. The van der Waals surface area contributed by atoms with Crippen LogP contribution in [0.3, 0.4) is 0 Å². The maximum absolute atomic E-state index is 14.3. The molecule has 0 aliphatic rings. The van der Waals surface area contributed by atoms with E-state index in [4.69, 9.17) is 0 Å². The Morgan fingerprint density at radius 2 is 1.97 bits per heavy atom. The molecule has 7 nitrogen and oxygen atoms in total. The van der Waals surface area contributed by atoms with Gasteiger partial charge < -0.3 is 15.5 Å². The molecule has 2 N–H and O–H groups in total. The fourth-order valence-corrected chi connectivity index (χ4v) is 4.57. The van der Waals surface area contributed by atoms with E-state index in [9.17, 15) is 8.78 Å². The zero-order valence-corrected chi connectivity index (χ0v) is 22.2. The summed E-state index contributed by atoms with van der Waals surface area (Å²) in [4.78, 5) is 8.53. The number of aromatic nitrogens is 3. The Balaban J connectivity index is 1.52. The van der Waals surface area contributed by atoms with Gasteiger partial charge in [-0.3, -0.25) is 4.90 Å². The fourth-order valence-electron chi connectivity index (χ4n) is 4.57. The minimum atomic E-state index is -0.947. The average molecular weight is 520 g/mol. The van der Waals surface area contributed by atoms with Crippen molar-refractivity contribution in [2.24, 2.45) is 0 Å². The Morgan fingerprint density at radius 1 is 1.13 bits per heavy atom. The van der Waals surface area contributed by atoms with E-state index in [0.29, 0.717) is 32.0 Å². The standard InChI is InChI=1S/C29H35F2N7/c1-5-22-15-26(10-11-27(22)37(4)17-21-8-7-9-24(30)14-21)35-29-28-23(12-13-38(28)34-20-33-29)18-36(3)19-25(31)16-32-6-2/h5,7-15,20,25,32H,1,6,16-19H2,2-4H3,(H,33,34,35). The summed E-state index contributed by atoms with van der Waals surface area (Å²) in [5, 5.41) is 10.8. The summed E-state index contributed by atoms with van der Waals surface area (Å²) in [6.45, 7) is 8.50. The molecule has 38 heavy (non-hydrogen) atoms. The number of anilines is 3. The van der Waals surface area contributed by atoms with E-state index in [1.165, 1.54) is 12.4 Å². The molecule has 4 aromatic rings. The van der Waals surface area contributed by atoms with Crippen LogP contribution < -0.4 is 15.5 Å². The molecule has 9 heteroatoms. The van der Waals surface area contributed by atoms with Gasteiger partial charge in [-0.2, -0.15) is 5.10 Å². The van der Waals surface area contributed by atoms with Crippen molar-refractivity contribution in [3.05, 3.63) is 90.1 Å². The largest absolute Gasteiger partial charge is 0.370 e. The number of benzene rings is 2. The van der Waals surface area contributed by atoms with Crippen molar-refractivity contribution >= 4 is 28.8 Å². The number of nitrogens with one attached hydrogen (secondary N) is 2. The molecular weight excluding hydrogens is 484 g/mol. The molecule has 2 aromatic heterocycles. The number of nitrogens with zero attached hydrogens (tertiary/aromatic N) is 5. The number of hydrogen-bond acceptors (Lipinski definition) is 6. The smallest absolute Gasteiger partial charge is 0.158 e. The first-order chi connectivity index (χ1) is 18.4. The molecule has 1 unspecified atom stereocenters. The Bertz CT molecular complexity index is 1370.